The highest BCUT2D eigenvalue weighted by molar-refractivity contribution is 7.86. The zero-order chi connectivity index (χ0) is 29.4. The van der Waals surface area contributed by atoms with Gasteiger partial charge >= 0.3 is 0 Å². The van der Waals surface area contributed by atoms with Gasteiger partial charge in [-0.2, -0.15) is 0 Å². The summed E-state index contributed by atoms with van der Waals surface area (Å²) in [6, 6.07) is 19.3. The fraction of sp³-hybridized carbons (Fsp3) is 0.394. The number of likely N-dealkylation sites (N-methyl/N-ethyl adjacent to an activating group) is 1. The number of anilines is 1. The van der Waals surface area contributed by atoms with Gasteiger partial charge in [0.2, 0.25) is 5.95 Å². The van der Waals surface area contributed by atoms with E-state index in [1.807, 2.05) is 32.0 Å². The van der Waals surface area contributed by atoms with Crippen molar-refractivity contribution in [3.63, 3.8) is 0 Å². The highest BCUT2D eigenvalue weighted by Crippen LogP contribution is 2.37. The Morgan fingerprint density at radius 2 is 1.64 bits per heavy atom. The first-order valence-electron chi connectivity index (χ1n) is 14.7. The molecule has 0 amide bonds. The summed E-state index contributed by atoms with van der Waals surface area (Å²) in [5, 5.41) is 0. The second kappa shape index (κ2) is 12.0. The van der Waals surface area contributed by atoms with Crippen LogP contribution < -0.4 is 9.46 Å². The maximum absolute atomic E-state index is 13.2. The first kappa shape index (κ1) is 28.6. The number of nitrogens with one attached hydrogen (secondary N) is 1. The van der Waals surface area contributed by atoms with Crippen LogP contribution in [0.5, 0.6) is 5.75 Å². The molecule has 3 heterocycles. The predicted octanol–water partition coefficient (Wildman–Crippen LogP) is 5.11. The SMILES string of the molecule is COc1ccc(-c2cc3c(n2-c2ccc(S(=O)Nc4nc(C)cc(C)n4)cc2)CCC(N2CCN(C)CC2)C3)cc1C. The Morgan fingerprint density at radius 3 is 2.31 bits per heavy atom. The second-order valence-electron chi connectivity index (χ2n) is 11.6. The molecule has 6 rings (SSSR count). The van der Waals surface area contributed by atoms with E-state index in [9.17, 15) is 4.21 Å². The number of methoxy groups -OCH3 is 1. The Morgan fingerprint density at radius 1 is 0.929 bits per heavy atom. The molecule has 2 aromatic heterocycles. The van der Waals surface area contributed by atoms with Crippen molar-refractivity contribution < 1.29 is 8.95 Å². The van der Waals surface area contributed by atoms with Crippen LogP contribution in [-0.4, -0.2) is 74.9 Å². The Bertz CT molecular complexity index is 1590. The van der Waals surface area contributed by atoms with E-state index in [1.165, 1.54) is 22.5 Å². The van der Waals surface area contributed by atoms with Crippen LogP contribution in [0.1, 0.15) is 34.6 Å². The Hall–Kier alpha value is -3.53. The van der Waals surface area contributed by atoms with Crippen molar-refractivity contribution in [2.75, 3.05) is 45.1 Å². The third-order valence-electron chi connectivity index (χ3n) is 8.58. The highest BCUT2D eigenvalue weighted by Gasteiger charge is 2.30. The van der Waals surface area contributed by atoms with E-state index in [-0.39, 0.29) is 0 Å². The lowest BCUT2D eigenvalue weighted by Gasteiger charge is -2.39. The minimum Gasteiger partial charge on any atom is -0.496 e. The number of hydrogen-bond acceptors (Lipinski definition) is 6. The summed E-state index contributed by atoms with van der Waals surface area (Å²) in [7, 11) is 2.46. The fourth-order valence-corrected chi connectivity index (χ4v) is 7.14. The number of ether oxygens (including phenoxy) is 1. The summed E-state index contributed by atoms with van der Waals surface area (Å²) >= 11 is 0. The molecular weight excluding hydrogens is 544 g/mol. The topological polar surface area (TPSA) is 75.5 Å². The number of fused-ring (bicyclic) bond motifs is 1. The van der Waals surface area contributed by atoms with Gasteiger partial charge in [0.15, 0.2) is 11.0 Å². The number of piperazine rings is 1. The summed E-state index contributed by atoms with van der Waals surface area (Å²) in [6.07, 6.45) is 3.25. The molecule has 4 aromatic rings. The first-order chi connectivity index (χ1) is 20.3. The van der Waals surface area contributed by atoms with Gasteiger partial charge in [-0.25, -0.2) is 14.2 Å². The lowest BCUT2D eigenvalue weighted by molar-refractivity contribution is 0.103. The van der Waals surface area contributed by atoms with Gasteiger partial charge in [-0.15, -0.1) is 0 Å². The van der Waals surface area contributed by atoms with Crippen LogP contribution in [0.25, 0.3) is 16.9 Å². The van der Waals surface area contributed by atoms with Gasteiger partial charge in [0.25, 0.3) is 0 Å². The van der Waals surface area contributed by atoms with E-state index < -0.39 is 11.0 Å². The summed E-state index contributed by atoms with van der Waals surface area (Å²) in [5.74, 6) is 1.27. The van der Waals surface area contributed by atoms with Crippen molar-refractivity contribution >= 4 is 16.9 Å². The molecule has 220 valence electrons. The molecule has 0 saturated carbocycles. The minimum absolute atomic E-state index is 0.376. The molecule has 1 fully saturated rings. The standard InChI is InChI=1S/C33H40N6O2S/c1-22-18-25(6-13-32(22)41-5)31-21-26-20-28(38-16-14-37(4)15-17-38)9-12-30(26)39(31)27-7-10-29(11-8-27)42(40)36-33-34-23(2)19-24(3)35-33/h6-8,10-11,13,18-19,21,28H,9,12,14-17,20H2,1-5H3,(H,34,35,36). The second-order valence-corrected chi connectivity index (χ2v) is 12.8. The number of benzene rings is 2. The van der Waals surface area contributed by atoms with Gasteiger partial charge in [-0.3, -0.25) is 9.62 Å². The van der Waals surface area contributed by atoms with Crippen LogP contribution in [-0.2, 0) is 23.8 Å². The minimum atomic E-state index is -1.47. The van der Waals surface area contributed by atoms with Gasteiger partial charge in [0.05, 0.1) is 17.7 Å². The average Bonchev–Trinajstić information content (AvgIpc) is 3.36. The van der Waals surface area contributed by atoms with Gasteiger partial charge in [0, 0.05) is 55.0 Å². The van der Waals surface area contributed by atoms with Crippen molar-refractivity contribution in [2.24, 2.45) is 0 Å². The molecule has 0 bridgehead atoms. The lowest BCUT2D eigenvalue weighted by atomic mass is 9.91. The molecule has 2 aliphatic rings. The lowest BCUT2D eigenvalue weighted by Crippen LogP contribution is -2.50. The molecule has 42 heavy (non-hydrogen) atoms. The summed E-state index contributed by atoms with van der Waals surface area (Å²) in [5.41, 5.74) is 9.01. The Kier molecular flexibility index (Phi) is 8.16. The molecule has 2 atom stereocenters. The monoisotopic (exact) mass is 584 g/mol. The fourth-order valence-electron chi connectivity index (χ4n) is 6.39. The Labute approximate surface area is 251 Å². The van der Waals surface area contributed by atoms with Crippen LogP contribution in [0.4, 0.5) is 5.95 Å². The van der Waals surface area contributed by atoms with Gasteiger partial charge in [-0.05, 0) is 118 Å². The normalized spacial score (nSPS) is 18.5. The molecule has 1 aliphatic heterocycles. The molecule has 1 saturated heterocycles. The van der Waals surface area contributed by atoms with E-state index in [0.717, 1.165) is 73.8 Å². The van der Waals surface area contributed by atoms with Crippen LogP contribution in [0.2, 0.25) is 0 Å². The summed E-state index contributed by atoms with van der Waals surface area (Å²) in [4.78, 5) is 14.6. The van der Waals surface area contributed by atoms with Gasteiger partial charge in [0.1, 0.15) is 5.75 Å². The number of rotatable bonds is 7. The zero-order valence-corrected chi connectivity index (χ0v) is 26.0. The van der Waals surface area contributed by atoms with Crippen molar-refractivity contribution in [2.45, 2.75) is 51.0 Å². The third-order valence-corrected chi connectivity index (χ3v) is 9.65. The van der Waals surface area contributed by atoms with Crippen LogP contribution in [0.15, 0.2) is 59.5 Å². The van der Waals surface area contributed by atoms with Crippen LogP contribution in [0.3, 0.4) is 0 Å². The molecule has 0 spiro atoms. The smallest absolute Gasteiger partial charge is 0.235 e. The average molecular weight is 585 g/mol. The van der Waals surface area contributed by atoms with Gasteiger partial charge < -0.3 is 14.2 Å². The van der Waals surface area contributed by atoms with E-state index >= 15 is 0 Å². The number of hydrogen-bond donors (Lipinski definition) is 1. The highest BCUT2D eigenvalue weighted by atomic mass is 32.2. The molecule has 2 aromatic carbocycles. The zero-order valence-electron chi connectivity index (χ0n) is 25.2. The number of aryl methyl sites for hydroxylation is 3. The maximum atomic E-state index is 13.2. The molecule has 1 aliphatic carbocycles. The van der Waals surface area contributed by atoms with Crippen LogP contribution >= 0.6 is 0 Å². The van der Waals surface area contributed by atoms with Crippen LogP contribution in [0, 0.1) is 20.8 Å². The predicted molar refractivity (Wildman–Crippen MR) is 169 cm³/mol. The largest absolute Gasteiger partial charge is 0.496 e. The number of nitrogens with zero attached hydrogens (tertiary/aromatic N) is 5. The third kappa shape index (κ3) is 5.86. The molecular formula is C33H40N6O2S. The van der Waals surface area contributed by atoms with Gasteiger partial charge in [-0.1, -0.05) is 0 Å². The van der Waals surface area contributed by atoms with Crippen molar-refractivity contribution in [1.82, 2.24) is 24.3 Å². The van der Waals surface area contributed by atoms with Crippen molar-refractivity contribution in [1.29, 1.82) is 0 Å². The van der Waals surface area contributed by atoms with E-state index in [4.69, 9.17) is 4.74 Å². The number of aromatic nitrogens is 3. The van der Waals surface area contributed by atoms with E-state index in [1.54, 1.807) is 7.11 Å². The quantitative estimate of drug-likeness (QED) is 0.326. The first-order valence-corrected chi connectivity index (χ1v) is 15.9. The molecule has 0 radical (unpaired) electrons. The maximum Gasteiger partial charge on any atom is 0.235 e. The van der Waals surface area contributed by atoms with Crippen molar-refractivity contribution in [3.05, 3.63) is 82.8 Å². The van der Waals surface area contributed by atoms with E-state index in [2.05, 4.69) is 79.4 Å². The van der Waals surface area contributed by atoms with Crippen molar-refractivity contribution in [3.8, 4) is 22.7 Å². The molecule has 9 heteroatoms. The summed E-state index contributed by atoms with van der Waals surface area (Å²) < 4.78 is 24.1. The molecule has 2 unspecified atom stereocenters. The molecule has 8 nitrogen and oxygen atoms in total. The molecule has 1 N–H and O–H groups in total. The van der Waals surface area contributed by atoms with E-state index in [0.29, 0.717) is 16.9 Å². The Balaban J connectivity index is 1.33. The summed E-state index contributed by atoms with van der Waals surface area (Å²) in [6.45, 7) is 10.5.